The number of para-hydroxylation sites is 1. The van der Waals surface area contributed by atoms with E-state index in [-0.39, 0.29) is 17.7 Å². The lowest BCUT2D eigenvalue weighted by molar-refractivity contribution is 0.0697. The number of hydrogen-bond acceptors (Lipinski definition) is 6. The third kappa shape index (κ3) is 5.58. The molecule has 8 nitrogen and oxygen atoms in total. The Kier molecular flexibility index (Phi) is 7.51. The monoisotopic (exact) mass is 583 g/mol. The van der Waals surface area contributed by atoms with E-state index in [2.05, 4.69) is 21.0 Å². The van der Waals surface area contributed by atoms with Gasteiger partial charge in [0.1, 0.15) is 6.61 Å². The van der Waals surface area contributed by atoms with E-state index in [0.717, 1.165) is 15.6 Å². The van der Waals surface area contributed by atoms with Gasteiger partial charge < -0.3 is 14.6 Å². The van der Waals surface area contributed by atoms with E-state index in [1.165, 1.54) is 30.1 Å². The molecule has 1 heterocycles. The zero-order valence-corrected chi connectivity index (χ0v) is 22.3. The predicted octanol–water partition coefficient (Wildman–Crippen LogP) is 5.99. The topological polar surface area (TPSA) is 103 Å². The van der Waals surface area contributed by atoms with Crippen LogP contribution in [0.3, 0.4) is 0 Å². The van der Waals surface area contributed by atoms with Crippen molar-refractivity contribution in [2.75, 3.05) is 7.11 Å². The summed E-state index contributed by atoms with van der Waals surface area (Å²) in [5.41, 5.74) is 2.53. The molecule has 5 rings (SSSR count). The molecule has 0 atom stereocenters. The number of methoxy groups -OCH3 is 1. The van der Waals surface area contributed by atoms with Crippen molar-refractivity contribution in [3.05, 3.63) is 123 Å². The van der Waals surface area contributed by atoms with E-state index >= 15 is 0 Å². The van der Waals surface area contributed by atoms with Gasteiger partial charge >= 0.3 is 5.97 Å². The van der Waals surface area contributed by atoms with Gasteiger partial charge in [0.25, 0.3) is 5.56 Å². The average molecular weight is 584 g/mol. The molecule has 0 aliphatic carbocycles. The van der Waals surface area contributed by atoms with Crippen molar-refractivity contribution in [3.63, 3.8) is 0 Å². The maximum atomic E-state index is 13.5. The molecule has 9 heteroatoms. The summed E-state index contributed by atoms with van der Waals surface area (Å²) in [5.74, 6) is 0.275. The molecule has 0 fully saturated rings. The number of fused-ring (bicyclic) bond motifs is 1. The predicted molar refractivity (Wildman–Crippen MR) is 153 cm³/mol. The number of aromatic nitrogens is 2. The second kappa shape index (κ2) is 11.3. The van der Waals surface area contributed by atoms with Crippen LogP contribution in [0.4, 0.5) is 0 Å². The second-order valence-corrected chi connectivity index (χ2v) is 9.41. The highest BCUT2D eigenvalue weighted by atomic mass is 79.9. The molecule has 0 radical (unpaired) electrons. The highest BCUT2D eigenvalue weighted by Gasteiger charge is 2.15. The summed E-state index contributed by atoms with van der Waals surface area (Å²) < 4.78 is 13.7. The molecule has 0 spiro atoms. The molecule has 0 unspecified atom stereocenters. The lowest BCUT2D eigenvalue weighted by Crippen LogP contribution is -2.20. The van der Waals surface area contributed by atoms with Crippen LogP contribution in [0, 0.1) is 0 Å². The van der Waals surface area contributed by atoms with Crippen molar-refractivity contribution >= 4 is 39.0 Å². The number of rotatable bonds is 8. The molecular formula is C30H22BrN3O5. The lowest BCUT2D eigenvalue weighted by atomic mass is 10.1. The quantitative estimate of drug-likeness (QED) is 0.225. The number of carboxylic acids is 1. The molecule has 0 bridgehead atoms. The van der Waals surface area contributed by atoms with E-state index in [9.17, 15) is 9.59 Å². The summed E-state index contributed by atoms with van der Waals surface area (Å²) in [7, 11) is 1.53. The Morgan fingerprint density at radius 3 is 2.46 bits per heavy atom. The summed E-state index contributed by atoms with van der Waals surface area (Å²) in [6.45, 7) is 0.158. The Morgan fingerprint density at radius 2 is 1.74 bits per heavy atom. The normalized spacial score (nSPS) is 11.1. The zero-order chi connectivity index (χ0) is 27.4. The third-order valence-corrected chi connectivity index (χ3v) is 6.41. The number of aromatic carboxylic acids is 1. The number of nitrogens with zero attached hydrogens (tertiary/aromatic N) is 3. The molecular weight excluding hydrogens is 562 g/mol. The first-order valence-corrected chi connectivity index (χ1v) is 12.7. The summed E-state index contributed by atoms with van der Waals surface area (Å²) >= 11 is 3.50. The van der Waals surface area contributed by atoms with Crippen LogP contribution in [0.5, 0.6) is 11.5 Å². The molecule has 0 aliphatic heterocycles. The van der Waals surface area contributed by atoms with Gasteiger partial charge in [-0.15, -0.1) is 0 Å². The van der Waals surface area contributed by atoms with Crippen LogP contribution < -0.4 is 15.0 Å². The molecule has 39 heavy (non-hydrogen) atoms. The van der Waals surface area contributed by atoms with Crippen LogP contribution in [-0.2, 0) is 6.61 Å². The summed E-state index contributed by atoms with van der Waals surface area (Å²) in [5, 5.41) is 14.1. The van der Waals surface area contributed by atoms with Crippen LogP contribution in [-0.4, -0.2) is 34.1 Å². The minimum absolute atomic E-state index is 0.158. The van der Waals surface area contributed by atoms with Gasteiger partial charge in [-0.3, -0.25) is 4.79 Å². The molecule has 0 aliphatic rings. The van der Waals surface area contributed by atoms with E-state index in [1.54, 1.807) is 42.5 Å². The lowest BCUT2D eigenvalue weighted by Gasteiger charge is -2.15. The SMILES string of the molecule is COc1cc(Br)cc(C=Nn2c(-c3ccccc3)nc3ccccc3c2=O)c1OCc1ccc(C(=O)O)cc1. The molecule has 1 aromatic heterocycles. The Balaban J connectivity index is 1.57. The van der Waals surface area contributed by atoms with Crippen LogP contribution in [0.1, 0.15) is 21.5 Å². The average Bonchev–Trinajstić information content (AvgIpc) is 2.96. The van der Waals surface area contributed by atoms with Crippen LogP contribution in [0.25, 0.3) is 22.3 Å². The minimum atomic E-state index is -0.996. The smallest absolute Gasteiger partial charge is 0.335 e. The van der Waals surface area contributed by atoms with Crippen molar-refractivity contribution in [1.29, 1.82) is 0 Å². The molecule has 0 saturated heterocycles. The maximum absolute atomic E-state index is 13.5. The van der Waals surface area contributed by atoms with Gasteiger partial charge in [0.05, 0.1) is 29.8 Å². The standard InChI is InChI=1S/C30H22BrN3O5/c1-38-26-16-23(31)15-22(27(26)39-18-19-11-13-21(14-12-19)30(36)37)17-32-34-28(20-7-3-2-4-8-20)33-25-10-6-5-9-24(25)29(34)35/h2-17H,18H2,1H3,(H,36,37). The van der Waals surface area contributed by atoms with Crippen molar-refractivity contribution in [2.24, 2.45) is 5.10 Å². The Labute approximate surface area is 231 Å². The third-order valence-electron chi connectivity index (χ3n) is 5.95. The fraction of sp³-hybridized carbons (Fsp3) is 0.0667. The molecule has 1 N–H and O–H groups in total. The van der Waals surface area contributed by atoms with Crippen molar-refractivity contribution in [1.82, 2.24) is 9.66 Å². The van der Waals surface area contributed by atoms with Gasteiger partial charge in [0.2, 0.25) is 0 Å². The largest absolute Gasteiger partial charge is 0.493 e. The van der Waals surface area contributed by atoms with Gasteiger partial charge in [0.15, 0.2) is 17.3 Å². The summed E-state index contributed by atoms with van der Waals surface area (Å²) in [6.07, 6.45) is 1.53. The molecule has 0 saturated carbocycles. The Hall–Kier alpha value is -4.76. The van der Waals surface area contributed by atoms with Crippen LogP contribution >= 0.6 is 15.9 Å². The molecule has 194 valence electrons. The number of halogens is 1. The van der Waals surface area contributed by atoms with Crippen LogP contribution in [0.2, 0.25) is 0 Å². The second-order valence-electron chi connectivity index (χ2n) is 8.50. The first-order chi connectivity index (χ1) is 18.9. The van der Waals surface area contributed by atoms with E-state index in [4.69, 9.17) is 19.6 Å². The number of carbonyl (C=O) groups is 1. The Bertz CT molecular complexity index is 1750. The van der Waals surface area contributed by atoms with E-state index in [0.29, 0.717) is 33.8 Å². The number of carboxylic acid groups (broad SMARTS) is 1. The summed E-state index contributed by atoms with van der Waals surface area (Å²) in [6, 6.07) is 26.5. The zero-order valence-electron chi connectivity index (χ0n) is 20.7. The highest BCUT2D eigenvalue weighted by molar-refractivity contribution is 9.10. The fourth-order valence-electron chi connectivity index (χ4n) is 4.01. The first kappa shape index (κ1) is 25.9. The van der Waals surface area contributed by atoms with Gasteiger partial charge in [-0.2, -0.15) is 9.78 Å². The first-order valence-electron chi connectivity index (χ1n) is 11.9. The fourth-order valence-corrected chi connectivity index (χ4v) is 4.47. The number of benzene rings is 4. The van der Waals surface area contributed by atoms with Gasteiger partial charge in [-0.05, 0) is 42.0 Å². The molecule has 5 aromatic rings. The van der Waals surface area contributed by atoms with E-state index in [1.807, 2.05) is 36.4 Å². The molecule has 0 amide bonds. The number of hydrogen-bond donors (Lipinski definition) is 1. The maximum Gasteiger partial charge on any atom is 0.335 e. The van der Waals surface area contributed by atoms with Gasteiger partial charge in [0, 0.05) is 15.6 Å². The minimum Gasteiger partial charge on any atom is -0.493 e. The van der Waals surface area contributed by atoms with Crippen LogP contribution in [0.15, 0.2) is 105 Å². The molecule has 4 aromatic carbocycles. The van der Waals surface area contributed by atoms with Crippen molar-refractivity contribution in [2.45, 2.75) is 6.61 Å². The number of ether oxygens (including phenoxy) is 2. The Morgan fingerprint density at radius 1 is 1.03 bits per heavy atom. The van der Waals surface area contributed by atoms with Crippen molar-refractivity contribution < 1.29 is 19.4 Å². The van der Waals surface area contributed by atoms with E-state index < -0.39 is 5.97 Å². The highest BCUT2D eigenvalue weighted by Crippen LogP contribution is 2.35. The summed E-state index contributed by atoms with van der Waals surface area (Å²) in [4.78, 5) is 29.4. The van der Waals surface area contributed by atoms with Crippen molar-refractivity contribution in [3.8, 4) is 22.9 Å². The van der Waals surface area contributed by atoms with Gasteiger partial charge in [-0.25, -0.2) is 9.78 Å². The van der Waals surface area contributed by atoms with Gasteiger partial charge in [-0.1, -0.05) is 70.5 Å².